The number of likely N-dealkylation sites (N-methyl/N-ethyl adjacent to an activating group) is 1. The summed E-state index contributed by atoms with van der Waals surface area (Å²) in [6.07, 6.45) is 4.10. The fraction of sp³-hybridized carbons (Fsp3) is 1.00. The zero-order valence-corrected chi connectivity index (χ0v) is 12.2. The zero-order chi connectivity index (χ0) is 12.8. The van der Waals surface area contributed by atoms with Crippen molar-refractivity contribution < 1.29 is 4.74 Å². The zero-order valence-electron chi connectivity index (χ0n) is 12.2. The van der Waals surface area contributed by atoms with Gasteiger partial charge in [0, 0.05) is 24.7 Å². The predicted octanol–water partition coefficient (Wildman–Crippen LogP) is 2.26. The maximum atomic E-state index is 5.64. The Kier molecular flexibility index (Phi) is 6.45. The lowest BCUT2D eigenvalue weighted by Gasteiger charge is -2.32. The van der Waals surface area contributed by atoms with Crippen LogP contribution < -0.4 is 5.32 Å². The van der Waals surface area contributed by atoms with Crippen LogP contribution in [0.1, 0.15) is 47.0 Å². The molecule has 0 bridgehead atoms. The fourth-order valence-electron chi connectivity index (χ4n) is 2.57. The van der Waals surface area contributed by atoms with E-state index in [1.165, 1.54) is 19.3 Å². The molecule has 0 aromatic rings. The number of nitrogens with one attached hydrogen (secondary N) is 1. The largest absolute Gasteiger partial charge is 0.377 e. The van der Waals surface area contributed by atoms with Gasteiger partial charge in [0.25, 0.3) is 0 Å². The second-order valence-corrected chi connectivity index (χ2v) is 5.70. The molecule has 1 aliphatic rings. The van der Waals surface area contributed by atoms with Crippen LogP contribution in [0.2, 0.25) is 0 Å². The van der Waals surface area contributed by atoms with Crippen molar-refractivity contribution in [2.75, 3.05) is 20.2 Å². The monoisotopic (exact) mass is 242 g/mol. The Balaban J connectivity index is 2.20. The quantitative estimate of drug-likeness (QED) is 0.693. The Morgan fingerprint density at radius 1 is 1.35 bits per heavy atom. The van der Waals surface area contributed by atoms with Crippen LogP contribution >= 0.6 is 0 Å². The molecule has 17 heavy (non-hydrogen) atoms. The van der Waals surface area contributed by atoms with Gasteiger partial charge in [-0.1, -0.05) is 13.8 Å². The molecule has 3 atom stereocenters. The third-order valence-electron chi connectivity index (χ3n) is 3.91. The molecule has 1 aliphatic heterocycles. The molecule has 3 nitrogen and oxygen atoms in total. The number of nitrogens with zero attached hydrogens (tertiary/aromatic N) is 1. The molecule has 1 N–H and O–H groups in total. The highest BCUT2D eigenvalue weighted by Crippen LogP contribution is 2.21. The number of rotatable bonds is 7. The Hall–Kier alpha value is -0.120. The molecule has 0 saturated carbocycles. The van der Waals surface area contributed by atoms with Gasteiger partial charge in [-0.15, -0.1) is 0 Å². The molecule has 0 spiro atoms. The SMILES string of the molecule is CC(C)NCCCC(C)N(C)C1CCOC1C. The lowest BCUT2D eigenvalue weighted by molar-refractivity contribution is 0.0685. The normalized spacial score (nSPS) is 27.0. The molecule has 3 heteroatoms. The van der Waals surface area contributed by atoms with E-state index in [1.807, 2.05) is 0 Å². The summed E-state index contributed by atoms with van der Waals surface area (Å²) in [5, 5.41) is 3.47. The van der Waals surface area contributed by atoms with Crippen molar-refractivity contribution in [3.8, 4) is 0 Å². The maximum absolute atomic E-state index is 5.64. The number of hydrogen-bond acceptors (Lipinski definition) is 3. The van der Waals surface area contributed by atoms with Crippen molar-refractivity contribution in [2.24, 2.45) is 0 Å². The second kappa shape index (κ2) is 7.34. The van der Waals surface area contributed by atoms with Crippen LogP contribution in [-0.2, 0) is 4.74 Å². The van der Waals surface area contributed by atoms with Crippen LogP contribution in [0.5, 0.6) is 0 Å². The average Bonchev–Trinajstić information content (AvgIpc) is 2.69. The topological polar surface area (TPSA) is 24.5 Å². The number of hydrogen-bond donors (Lipinski definition) is 1. The van der Waals surface area contributed by atoms with Crippen molar-refractivity contribution in [3.05, 3.63) is 0 Å². The molecule has 1 fully saturated rings. The summed E-state index contributed by atoms with van der Waals surface area (Å²) in [5.41, 5.74) is 0. The highest BCUT2D eigenvalue weighted by atomic mass is 16.5. The van der Waals surface area contributed by atoms with Crippen LogP contribution in [0, 0.1) is 0 Å². The Bertz CT molecular complexity index is 208. The van der Waals surface area contributed by atoms with Crippen molar-refractivity contribution >= 4 is 0 Å². The van der Waals surface area contributed by atoms with Gasteiger partial charge in [0.1, 0.15) is 0 Å². The van der Waals surface area contributed by atoms with Gasteiger partial charge in [-0.25, -0.2) is 0 Å². The molecular weight excluding hydrogens is 212 g/mol. The van der Waals surface area contributed by atoms with E-state index >= 15 is 0 Å². The van der Waals surface area contributed by atoms with E-state index in [0.29, 0.717) is 24.2 Å². The molecule has 0 aromatic heterocycles. The minimum atomic E-state index is 0.399. The van der Waals surface area contributed by atoms with Crippen LogP contribution in [0.3, 0.4) is 0 Å². The third kappa shape index (κ3) is 4.94. The molecule has 0 aliphatic carbocycles. The van der Waals surface area contributed by atoms with Crippen LogP contribution in [0.15, 0.2) is 0 Å². The molecule has 3 unspecified atom stereocenters. The van der Waals surface area contributed by atoms with Gasteiger partial charge in [0.05, 0.1) is 6.10 Å². The summed E-state index contributed by atoms with van der Waals surface area (Å²) in [7, 11) is 2.25. The van der Waals surface area contributed by atoms with Crippen molar-refractivity contribution in [2.45, 2.75) is 71.2 Å². The lowest BCUT2D eigenvalue weighted by Crippen LogP contribution is -2.42. The third-order valence-corrected chi connectivity index (χ3v) is 3.91. The fourth-order valence-corrected chi connectivity index (χ4v) is 2.57. The Morgan fingerprint density at radius 3 is 2.59 bits per heavy atom. The summed E-state index contributed by atoms with van der Waals surface area (Å²) >= 11 is 0. The van der Waals surface area contributed by atoms with Crippen LogP contribution in [-0.4, -0.2) is 49.3 Å². The van der Waals surface area contributed by atoms with E-state index < -0.39 is 0 Å². The van der Waals surface area contributed by atoms with Crippen molar-refractivity contribution in [1.29, 1.82) is 0 Å². The van der Waals surface area contributed by atoms with Gasteiger partial charge in [0.15, 0.2) is 0 Å². The Morgan fingerprint density at radius 2 is 2.06 bits per heavy atom. The first kappa shape index (κ1) is 14.9. The molecule has 102 valence electrons. The molecular formula is C14H30N2O. The van der Waals surface area contributed by atoms with E-state index in [4.69, 9.17) is 4.74 Å². The molecule has 1 heterocycles. The van der Waals surface area contributed by atoms with E-state index in [9.17, 15) is 0 Å². The molecule has 1 saturated heterocycles. The van der Waals surface area contributed by atoms with E-state index in [0.717, 1.165) is 13.2 Å². The Labute approximate surface area is 107 Å². The van der Waals surface area contributed by atoms with E-state index in [-0.39, 0.29) is 0 Å². The number of ether oxygens (including phenoxy) is 1. The highest BCUT2D eigenvalue weighted by Gasteiger charge is 2.29. The molecule has 0 amide bonds. The van der Waals surface area contributed by atoms with Gasteiger partial charge in [-0.2, -0.15) is 0 Å². The van der Waals surface area contributed by atoms with Gasteiger partial charge in [-0.05, 0) is 46.7 Å². The standard InChI is InChI=1S/C14H30N2O/c1-11(2)15-9-6-7-12(3)16(5)14-8-10-17-13(14)4/h11-15H,6-10H2,1-5H3. The minimum Gasteiger partial charge on any atom is -0.377 e. The highest BCUT2D eigenvalue weighted by molar-refractivity contribution is 4.83. The summed E-state index contributed by atoms with van der Waals surface area (Å²) in [6, 6.07) is 1.87. The van der Waals surface area contributed by atoms with E-state index in [1.54, 1.807) is 0 Å². The smallest absolute Gasteiger partial charge is 0.0703 e. The van der Waals surface area contributed by atoms with Crippen molar-refractivity contribution in [1.82, 2.24) is 10.2 Å². The predicted molar refractivity (Wildman–Crippen MR) is 73.4 cm³/mol. The van der Waals surface area contributed by atoms with E-state index in [2.05, 4.69) is 45.0 Å². The molecule has 1 rings (SSSR count). The van der Waals surface area contributed by atoms with Crippen molar-refractivity contribution in [3.63, 3.8) is 0 Å². The van der Waals surface area contributed by atoms with Gasteiger partial charge < -0.3 is 10.1 Å². The molecule has 0 radical (unpaired) electrons. The first-order chi connectivity index (χ1) is 8.02. The average molecular weight is 242 g/mol. The first-order valence-corrected chi connectivity index (χ1v) is 7.09. The summed E-state index contributed by atoms with van der Waals surface area (Å²) in [6.45, 7) is 11.0. The van der Waals surface area contributed by atoms with Gasteiger partial charge in [0.2, 0.25) is 0 Å². The van der Waals surface area contributed by atoms with Crippen LogP contribution in [0.25, 0.3) is 0 Å². The van der Waals surface area contributed by atoms with Crippen LogP contribution in [0.4, 0.5) is 0 Å². The second-order valence-electron chi connectivity index (χ2n) is 5.70. The minimum absolute atomic E-state index is 0.399. The summed E-state index contributed by atoms with van der Waals surface area (Å²) in [5.74, 6) is 0. The molecule has 0 aromatic carbocycles. The summed E-state index contributed by atoms with van der Waals surface area (Å²) < 4.78 is 5.64. The summed E-state index contributed by atoms with van der Waals surface area (Å²) in [4.78, 5) is 2.51. The lowest BCUT2D eigenvalue weighted by atomic mass is 10.1. The van der Waals surface area contributed by atoms with Gasteiger partial charge in [-0.3, -0.25) is 4.90 Å². The van der Waals surface area contributed by atoms with Gasteiger partial charge >= 0.3 is 0 Å². The first-order valence-electron chi connectivity index (χ1n) is 7.09. The maximum Gasteiger partial charge on any atom is 0.0703 e.